The first-order valence-electron chi connectivity index (χ1n) is 5.20. The minimum atomic E-state index is 0.769. The maximum Gasteiger partial charge on any atom is 0.150 e. The van der Waals surface area contributed by atoms with Gasteiger partial charge in [-0.2, -0.15) is 0 Å². The van der Waals surface area contributed by atoms with Gasteiger partial charge in [0.2, 0.25) is 0 Å². The smallest absolute Gasteiger partial charge is 0.150 e. The van der Waals surface area contributed by atoms with Crippen molar-refractivity contribution in [3.63, 3.8) is 0 Å². The van der Waals surface area contributed by atoms with Crippen molar-refractivity contribution in [2.45, 2.75) is 6.54 Å². The molecule has 3 nitrogen and oxygen atoms in total. The van der Waals surface area contributed by atoms with Gasteiger partial charge in [0.05, 0.1) is 6.20 Å². The van der Waals surface area contributed by atoms with Gasteiger partial charge in [0.1, 0.15) is 11.5 Å². The number of hydrogen-bond acceptors (Lipinski definition) is 3. The van der Waals surface area contributed by atoms with Crippen molar-refractivity contribution in [2.75, 3.05) is 7.05 Å². The molecule has 0 aliphatic heterocycles. The summed E-state index contributed by atoms with van der Waals surface area (Å²) in [4.78, 5) is 4.07. The minimum Gasteiger partial charge on any atom is -0.455 e. The number of para-hydroxylation sites is 1. The molecule has 82 valence electrons. The van der Waals surface area contributed by atoms with Gasteiger partial charge >= 0.3 is 0 Å². The second-order valence-corrected chi connectivity index (χ2v) is 3.43. The Morgan fingerprint density at radius 3 is 2.75 bits per heavy atom. The molecule has 0 aliphatic carbocycles. The summed E-state index contributed by atoms with van der Waals surface area (Å²) < 4.78 is 5.76. The van der Waals surface area contributed by atoms with E-state index in [-0.39, 0.29) is 0 Å². The van der Waals surface area contributed by atoms with Crippen molar-refractivity contribution in [1.29, 1.82) is 0 Å². The van der Waals surface area contributed by atoms with Crippen LogP contribution in [0, 0.1) is 0 Å². The van der Waals surface area contributed by atoms with Crippen LogP contribution in [-0.2, 0) is 6.54 Å². The van der Waals surface area contributed by atoms with Gasteiger partial charge in [0.15, 0.2) is 0 Å². The topological polar surface area (TPSA) is 34.2 Å². The maximum atomic E-state index is 5.76. The summed E-state index contributed by atoms with van der Waals surface area (Å²) in [7, 11) is 1.91. The van der Waals surface area contributed by atoms with Crippen LogP contribution in [0.5, 0.6) is 11.5 Å². The Bertz CT molecular complexity index is 443. The zero-order chi connectivity index (χ0) is 11.2. The van der Waals surface area contributed by atoms with E-state index in [2.05, 4.69) is 10.3 Å². The molecule has 0 atom stereocenters. The molecular weight excluding hydrogens is 200 g/mol. The number of nitrogens with zero attached hydrogens (tertiary/aromatic N) is 1. The van der Waals surface area contributed by atoms with Gasteiger partial charge in [-0.05, 0) is 25.2 Å². The lowest BCUT2D eigenvalue weighted by atomic mass is 10.2. The lowest BCUT2D eigenvalue weighted by Gasteiger charge is -2.09. The van der Waals surface area contributed by atoms with Crippen molar-refractivity contribution in [3.05, 3.63) is 54.4 Å². The van der Waals surface area contributed by atoms with Gasteiger partial charge in [0, 0.05) is 18.3 Å². The van der Waals surface area contributed by atoms with Crippen molar-refractivity contribution < 1.29 is 4.74 Å². The van der Waals surface area contributed by atoms with Crippen LogP contribution in [0.4, 0.5) is 0 Å². The zero-order valence-electron chi connectivity index (χ0n) is 9.18. The van der Waals surface area contributed by atoms with Crippen molar-refractivity contribution >= 4 is 0 Å². The Kier molecular flexibility index (Phi) is 3.51. The third-order valence-electron chi connectivity index (χ3n) is 2.21. The summed E-state index contributed by atoms with van der Waals surface area (Å²) in [6.07, 6.45) is 3.50. The van der Waals surface area contributed by atoms with E-state index in [1.165, 1.54) is 0 Å². The highest BCUT2D eigenvalue weighted by Gasteiger charge is 2.03. The highest BCUT2D eigenvalue weighted by molar-refractivity contribution is 5.35. The molecule has 0 radical (unpaired) electrons. The Morgan fingerprint density at radius 1 is 1.19 bits per heavy atom. The lowest BCUT2D eigenvalue weighted by molar-refractivity contribution is 0.472. The molecule has 2 rings (SSSR count). The van der Waals surface area contributed by atoms with E-state index in [9.17, 15) is 0 Å². The first kappa shape index (κ1) is 10.6. The van der Waals surface area contributed by atoms with Crippen LogP contribution in [0.2, 0.25) is 0 Å². The number of nitrogens with one attached hydrogen (secondary N) is 1. The molecule has 0 saturated carbocycles. The van der Waals surface area contributed by atoms with Gasteiger partial charge in [-0.15, -0.1) is 0 Å². The van der Waals surface area contributed by atoms with E-state index < -0.39 is 0 Å². The van der Waals surface area contributed by atoms with E-state index in [1.807, 2.05) is 43.4 Å². The fourth-order valence-corrected chi connectivity index (χ4v) is 1.45. The lowest BCUT2D eigenvalue weighted by Crippen LogP contribution is -2.06. The number of pyridine rings is 1. The fourth-order valence-electron chi connectivity index (χ4n) is 1.45. The fraction of sp³-hybridized carbons (Fsp3) is 0.154. The first-order valence-corrected chi connectivity index (χ1v) is 5.20. The van der Waals surface area contributed by atoms with Crippen LogP contribution in [0.25, 0.3) is 0 Å². The van der Waals surface area contributed by atoms with Gasteiger partial charge in [-0.1, -0.05) is 18.2 Å². The van der Waals surface area contributed by atoms with E-state index >= 15 is 0 Å². The monoisotopic (exact) mass is 214 g/mol. The molecule has 0 fully saturated rings. The Hall–Kier alpha value is -1.87. The van der Waals surface area contributed by atoms with Crippen molar-refractivity contribution in [2.24, 2.45) is 0 Å². The Balaban J connectivity index is 2.21. The second kappa shape index (κ2) is 5.28. The van der Waals surface area contributed by atoms with Gasteiger partial charge in [-0.25, -0.2) is 0 Å². The normalized spacial score (nSPS) is 10.1. The van der Waals surface area contributed by atoms with Crippen LogP contribution in [0.15, 0.2) is 48.8 Å². The maximum absolute atomic E-state index is 5.76. The molecule has 3 heteroatoms. The summed E-state index contributed by atoms with van der Waals surface area (Å²) in [5, 5.41) is 3.10. The summed E-state index contributed by atoms with van der Waals surface area (Å²) in [6.45, 7) is 0.769. The molecule has 0 bridgehead atoms. The quantitative estimate of drug-likeness (QED) is 0.849. The summed E-state index contributed by atoms with van der Waals surface area (Å²) in [5.74, 6) is 1.62. The third kappa shape index (κ3) is 2.58. The Labute approximate surface area is 95.1 Å². The molecule has 0 aliphatic rings. The molecule has 1 heterocycles. The van der Waals surface area contributed by atoms with Crippen LogP contribution in [-0.4, -0.2) is 12.0 Å². The minimum absolute atomic E-state index is 0.769. The van der Waals surface area contributed by atoms with Crippen LogP contribution >= 0.6 is 0 Å². The number of rotatable bonds is 4. The summed E-state index contributed by atoms with van der Waals surface area (Å²) in [6, 6.07) is 11.7. The number of aromatic nitrogens is 1. The second-order valence-electron chi connectivity index (χ2n) is 3.43. The average Bonchev–Trinajstić information content (AvgIpc) is 2.33. The highest BCUT2D eigenvalue weighted by Crippen LogP contribution is 2.23. The SMILES string of the molecule is CNCc1ccncc1Oc1ccccc1. The van der Waals surface area contributed by atoms with Gasteiger partial charge in [-0.3, -0.25) is 4.98 Å². The molecular formula is C13H14N2O. The molecule has 0 spiro atoms. The molecule has 1 N–H and O–H groups in total. The summed E-state index contributed by atoms with van der Waals surface area (Å²) >= 11 is 0. The van der Waals surface area contributed by atoms with Crippen LogP contribution < -0.4 is 10.1 Å². The largest absolute Gasteiger partial charge is 0.455 e. The number of benzene rings is 1. The molecule has 0 saturated heterocycles. The molecule has 1 aromatic heterocycles. The third-order valence-corrected chi connectivity index (χ3v) is 2.21. The van der Waals surface area contributed by atoms with Gasteiger partial charge < -0.3 is 10.1 Å². The van der Waals surface area contributed by atoms with Crippen LogP contribution in [0.3, 0.4) is 0 Å². The van der Waals surface area contributed by atoms with E-state index in [1.54, 1.807) is 12.4 Å². The van der Waals surface area contributed by atoms with Crippen molar-refractivity contribution in [1.82, 2.24) is 10.3 Å². The predicted octanol–water partition coefficient (Wildman–Crippen LogP) is 2.59. The summed E-state index contributed by atoms with van der Waals surface area (Å²) in [5.41, 5.74) is 1.10. The zero-order valence-corrected chi connectivity index (χ0v) is 9.18. The highest BCUT2D eigenvalue weighted by atomic mass is 16.5. The average molecular weight is 214 g/mol. The predicted molar refractivity (Wildman–Crippen MR) is 63.5 cm³/mol. The number of hydrogen-bond donors (Lipinski definition) is 1. The number of ether oxygens (including phenoxy) is 1. The molecule has 2 aromatic rings. The molecule has 1 aromatic carbocycles. The van der Waals surface area contributed by atoms with Crippen LogP contribution in [0.1, 0.15) is 5.56 Å². The molecule has 16 heavy (non-hydrogen) atoms. The molecule has 0 unspecified atom stereocenters. The van der Waals surface area contributed by atoms with E-state index in [4.69, 9.17) is 4.74 Å². The Morgan fingerprint density at radius 2 is 2.00 bits per heavy atom. The molecule has 0 amide bonds. The van der Waals surface area contributed by atoms with E-state index in [0.29, 0.717) is 0 Å². The van der Waals surface area contributed by atoms with Gasteiger partial charge in [0.25, 0.3) is 0 Å². The van der Waals surface area contributed by atoms with Crippen molar-refractivity contribution in [3.8, 4) is 11.5 Å². The van der Waals surface area contributed by atoms with E-state index in [0.717, 1.165) is 23.6 Å². The first-order chi connectivity index (χ1) is 7.90. The standard InChI is InChI=1S/C13H14N2O/c1-14-9-11-7-8-15-10-13(11)16-12-5-3-2-4-6-12/h2-8,10,14H,9H2,1H3.